The van der Waals surface area contributed by atoms with Gasteiger partial charge >= 0.3 is 0 Å². The Morgan fingerprint density at radius 1 is 1.33 bits per heavy atom. The molecule has 0 aromatic carbocycles. The minimum Gasteiger partial charge on any atom is -0.100 e. The molecule has 0 heterocycles. The maximum atomic E-state index is 3.91. The molecule has 1 aliphatic carbocycles. The summed E-state index contributed by atoms with van der Waals surface area (Å²) in [7, 11) is 0. The van der Waals surface area contributed by atoms with Crippen molar-refractivity contribution >= 4 is 0 Å². The third-order valence-corrected chi connectivity index (χ3v) is 2.50. The first-order chi connectivity index (χ1) is 5.79. The first-order valence-electron chi connectivity index (χ1n) is 5.11. The van der Waals surface area contributed by atoms with Crippen LogP contribution in [0.2, 0.25) is 0 Å². The van der Waals surface area contributed by atoms with Gasteiger partial charge in [-0.1, -0.05) is 23.6 Å². The van der Waals surface area contributed by atoms with Crippen molar-refractivity contribution < 1.29 is 0 Å². The van der Waals surface area contributed by atoms with Gasteiger partial charge in [0, 0.05) is 0 Å². The Bertz CT molecular complexity index is 166. The van der Waals surface area contributed by atoms with Crippen LogP contribution in [0.15, 0.2) is 23.8 Å². The zero-order valence-electron chi connectivity index (χ0n) is 8.23. The second-order valence-electron chi connectivity index (χ2n) is 3.92. The predicted molar refractivity (Wildman–Crippen MR) is 55.2 cm³/mol. The molecule has 0 N–H and O–H groups in total. The number of hydrogen-bond acceptors (Lipinski definition) is 0. The average molecular weight is 164 g/mol. The second kappa shape index (κ2) is 5.18. The van der Waals surface area contributed by atoms with Crippen LogP contribution < -0.4 is 0 Å². The maximum absolute atomic E-state index is 3.91. The summed E-state index contributed by atoms with van der Waals surface area (Å²) >= 11 is 0. The second-order valence-corrected chi connectivity index (χ2v) is 3.92. The van der Waals surface area contributed by atoms with E-state index in [1.807, 2.05) is 0 Å². The van der Waals surface area contributed by atoms with Crippen LogP contribution in [0.5, 0.6) is 0 Å². The summed E-state index contributed by atoms with van der Waals surface area (Å²) in [6.07, 6.45) is 11.8. The van der Waals surface area contributed by atoms with Crippen LogP contribution in [-0.2, 0) is 0 Å². The Balaban J connectivity index is 2.20. The normalized spacial score (nSPS) is 17.6. The molecule has 1 fully saturated rings. The molecule has 0 bridgehead atoms. The third-order valence-electron chi connectivity index (χ3n) is 2.50. The molecule has 0 heteroatoms. The summed E-state index contributed by atoms with van der Waals surface area (Å²) in [5.74, 6) is 0. The number of rotatable bonds is 3. The van der Waals surface area contributed by atoms with E-state index in [0.717, 1.165) is 0 Å². The monoisotopic (exact) mass is 164 g/mol. The first kappa shape index (κ1) is 9.57. The molecule has 0 aromatic rings. The van der Waals surface area contributed by atoms with Crippen LogP contribution in [0.4, 0.5) is 0 Å². The van der Waals surface area contributed by atoms with Gasteiger partial charge in [-0.15, -0.1) is 6.58 Å². The fourth-order valence-corrected chi connectivity index (χ4v) is 1.73. The molecule has 0 unspecified atom stereocenters. The molecule has 0 spiro atoms. The van der Waals surface area contributed by atoms with Crippen LogP contribution in [0, 0.1) is 0 Å². The lowest BCUT2D eigenvalue weighted by atomic mass is 9.94. The van der Waals surface area contributed by atoms with Gasteiger partial charge in [0.2, 0.25) is 0 Å². The molecule has 0 saturated heterocycles. The summed E-state index contributed by atoms with van der Waals surface area (Å²) in [5, 5.41) is 0. The lowest BCUT2D eigenvalue weighted by Crippen LogP contribution is -1.93. The minimum absolute atomic E-state index is 1.17. The average Bonchev–Trinajstić information content (AvgIpc) is 2.05. The molecule has 1 saturated carbocycles. The van der Waals surface area contributed by atoms with Crippen molar-refractivity contribution in [1.29, 1.82) is 0 Å². The molecule has 0 radical (unpaired) electrons. The van der Waals surface area contributed by atoms with Gasteiger partial charge in [-0.2, -0.15) is 0 Å². The summed E-state index contributed by atoms with van der Waals surface area (Å²) in [6, 6.07) is 0. The molecule has 1 aliphatic rings. The van der Waals surface area contributed by atoms with Crippen LogP contribution in [0.1, 0.15) is 51.9 Å². The van der Waals surface area contributed by atoms with E-state index in [0.29, 0.717) is 0 Å². The molecule has 68 valence electrons. The van der Waals surface area contributed by atoms with Crippen molar-refractivity contribution in [2.24, 2.45) is 0 Å². The molecule has 12 heavy (non-hydrogen) atoms. The summed E-state index contributed by atoms with van der Waals surface area (Å²) in [4.78, 5) is 0. The predicted octanol–water partition coefficient (Wildman–Crippen LogP) is 4.23. The zero-order valence-corrected chi connectivity index (χ0v) is 8.23. The van der Waals surface area contributed by atoms with Gasteiger partial charge in [-0.05, 0) is 45.4 Å². The van der Waals surface area contributed by atoms with E-state index >= 15 is 0 Å². The zero-order chi connectivity index (χ0) is 8.81. The van der Waals surface area contributed by atoms with Gasteiger partial charge in [0.1, 0.15) is 0 Å². The molecule has 0 atom stereocenters. The highest BCUT2D eigenvalue weighted by Crippen LogP contribution is 2.23. The Morgan fingerprint density at radius 2 is 2.00 bits per heavy atom. The van der Waals surface area contributed by atoms with Gasteiger partial charge in [0.15, 0.2) is 0 Å². The Hall–Kier alpha value is -0.520. The van der Waals surface area contributed by atoms with Crippen molar-refractivity contribution in [2.45, 2.75) is 51.9 Å². The fourth-order valence-electron chi connectivity index (χ4n) is 1.73. The first-order valence-corrected chi connectivity index (χ1v) is 5.11. The Morgan fingerprint density at radius 3 is 2.58 bits per heavy atom. The van der Waals surface area contributed by atoms with Gasteiger partial charge in [-0.25, -0.2) is 0 Å². The van der Waals surface area contributed by atoms with Gasteiger partial charge in [0.05, 0.1) is 0 Å². The highest BCUT2D eigenvalue weighted by atomic mass is 14.1. The molecular weight excluding hydrogens is 144 g/mol. The Labute approximate surface area is 76.4 Å². The van der Waals surface area contributed by atoms with E-state index in [-0.39, 0.29) is 0 Å². The SMILES string of the molecule is C=C(C)CCC=C1CCCCC1. The van der Waals surface area contributed by atoms with Crippen molar-refractivity contribution in [1.82, 2.24) is 0 Å². The van der Waals surface area contributed by atoms with E-state index in [2.05, 4.69) is 19.6 Å². The van der Waals surface area contributed by atoms with E-state index in [4.69, 9.17) is 0 Å². The van der Waals surface area contributed by atoms with E-state index < -0.39 is 0 Å². The van der Waals surface area contributed by atoms with Crippen LogP contribution in [0.3, 0.4) is 0 Å². The van der Waals surface area contributed by atoms with Crippen molar-refractivity contribution in [3.63, 3.8) is 0 Å². The van der Waals surface area contributed by atoms with E-state index in [1.165, 1.54) is 50.5 Å². The van der Waals surface area contributed by atoms with Crippen molar-refractivity contribution in [3.05, 3.63) is 23.8 Å². The van der Waals surface area contributed by atoms with Gasteiger partial charge in [0.25, 0.3) is 0 Å². The van der Waals surface area contributed by atoms with Gasteiger partial charge < -0.3 is 0 Å². The van der Waals surface area contributed by atoms with Gasteiger partial charge in [-0.3, -0.25) is 0 Å². The highest BCUT2D eigenvalue weighted by molar-refractivity contribution is 5.05. The standard InChI is InChI=1S/C12H20/c1-11(2)7-6-10-12-8-4-3-5-9-12/h10H,1,3-9H2,2H3. The highest BCUT2D eigenvalue weighted by Gasteiger charge is 2.03. The van der Waals surface area contributed by atoms with E-state index in [9.17, 15) is 0 Å². The summed E-state index contributed by atoms with van der Waals surface area (Å²) < 4.78 is 0. The number of allylic oxidation sites excluding steroid dienone is 3. The quantitative estimate of drug-likeness (QED) is 0.547. The van der Waals surface area contributed by atoms with E-state index in [1.54, 1.807) is 5.57 Å². The summed E-state index contributed by atoms with van der Waals surface area (Å²) in [6.45, 7) is 6.02. The molecule has 0 amide bonds. The largest absolute Gasteiger partial charge is 0.100 e. The Kier molecular flexibility index (Phi) is 4.13. The number of hydrogen-bond donors (Lipinski definition) is 0. The molecule has 1 rings (SSSR count). The lowest BCUT2D eigenvalue weighted by molar-refractivity contribution is 0.596. The fraction of sp³-hybridized carbons (Fsp3) is 0.667. The molecule has 0 aromatic heterocycles. The topological polar surface area (TPSA) is 0 Å². The van der Waals surface area contributed by atoms with Crippen molar-refractivity contribution in [3.8, 4) is 0 Å². The van der Waals surface area contributed by atoms with Crippen LogP contribution in [0.25, 0.3) is 0 Å². The minimum atomic E-state index is 1.17. The summed E-state index contributed by atoms with van der Waals surface area (Å²) in [5.41, 5.74) is 3.00. The molecule has 0 aliphatic heterocycles. The van der Waals surface area contributed by atoms with Crippen molar-refractivity contribution in [2.75, 3.05) is 0 Å². The molecular formula is C12H20. The van der Waals surface area contributed by atoms with Crippen LogP contribution in [-0.4, -0.2) is 0 Å². The maximum Gasteiger partial charge on any atom is -0.0291 e. The lowest BCUT2D eigenvalue weighted by Gasteiger charge is -2.13. The van der Waals surface area contributed by atoms with Crippen LogP contribution >= 0.6 is 0 Å². The molecule has 0 nitrogen and oxygen atoms in total. The third kappa shape index (κ3) is 3.75. The smallest absolute Gasteiger partial charge is 0.0291 e.